The monoisotopic (exact) mass is 161 g/mol. The summed E-state index contributed by atoms with van der Waals surface area (Å²) >= 11 is 0. The molecule has 0 saturated carbocycles. The Morgan fingerprint density at radius 3 is 3.08 bits per heavy atom. The summed E-state index contributed by atoms with van der Waals surface area (Å²) in [5.74, 6) is 0. The van der Waals surface area contributed by atoms with Crippen molar-refractivity contribution in [2.45, 2.75) is 19.4 Å². The maximum Gasteiger partial charge on any atom is 0.101 e. The Bertz CT molecular complexity index is 301. The highest BCUT2D eigenvalue weighted by atomic mass is 14.7. The lowest BCUT2D eigenvalue weighted by Gasteiger charge is -2.09. The van der Waals surface area contributed by atoms with E-state index in [-0.39, 0.29) is 6.04 Å². The van der Waals surface area contributed by atoms with E-state index in [1.54, 1.807) is 18.5 Å². The highest BCUT2D eigenvalue weighted by Gasteiger charge is 2.07. The van der Waals surface area contributed by atoms with Crippen LogP contribution in [0.4, 0.5) is 0 Å². The molecule has 1 aromatic rings. The first-order valence-electron chi connectivity index (χ1n) is 3.89. The largest absolute Gasteiger partial charge is 0.324 e. The lowest BCUT2D eigenvalue weighted by Crippen LogP contribution is -2.10. The predicted molar refractivity (Wildman–Crippen MR) is 46.2 cm³/mol. The van der Waals surface area contributed by atoms with Crippen LogP contribution in [0, 0.1) is 11.3 Å². The molecule has 0 radical (unpaired) electrons. The summed E-state index contributed by atoms with van der Waals surface area (Å²) in [5.41, 5.74) is 7.25. The molecule has 0 amide bonds. The Kier molecular flexibility index (Phi) is 2.78. The van der Waals surface area contributed by atoms with Gasteiger partial charge in [0.25, 0.3) is 0 Å². The molecule has 0 saturated heterocycles. The van der Waals surface area contributed by atoms with Crippen LogP contribution in [0.2, 0.25) is 0 Å². The standard InChI is InChI=1S/C9H11N3/c1-2-9(11)8-3-4-12-6-7(8)5-10/h3-4,6,9H,2,11H2,1H3/t9-/m1/s1. The average Bonchev–Trinajstić information content (AvgIpc) is 2.16. The van der Waals surface area contributed by atoms with Gasteiger partial charge in [0.1, 0.15) is 6.07 Å². The number of pyridine rings is 1. The molecule has 3 heteroatoms. The van der Waals surface area contributed by atoms with Crippen LogP contribution < -0.4 is 5.73 Å². The normalized spacial score (nSPS) is 12.1. The van der Waals surface area contributed by atoms with Crippen molar-refractivity contribution in [3.05, 3.63) is 29.6 Å². The molecule has 1 aromatic heterocycles. The predicted octanol–water partition coefficient (Wildman–Crippen LogP) is 1.36. The van der Waals surface area contributed by atoms with Crippen LogP contribution in [0.25, 0.3) is 0 Å². The summed E-state index contributed by atoms with van der Waals surface area (Å²) in [5, 5.41) is 8.72. The number of nitriles is 1. The van der Waals surface area contributed by atoms with Crippen molar-refractivity contribution in [1.29, 1.82) is 5.26 Å². The van der Waals surface area contributed by atoms with Gasteiger partial charge in [-0.3, -0.25) is 4.98 Å². The summed E-state index contributed by atoms with van der Waals surface area (Å²) in [6.07, 6.45) is 4.04. The summed E-state index contributed by atoms with van der Waals surface area (Å²) in [4.78, 5) is 3.85. The van der Waals surface area contributed by atoms with Crippen molar-refractivity contribution >= 4 is 0 Å². The Morgan fingerprint density at radius 2 is 2.50 bits per heavy atom. The molecule has 0 aliphatic carbocycles. The molecule has 2 N–H and O–H groups in total. The second-order valence-electron chi connectivity index (χ2n) is 2.59. The Balaban J connectivity index is 3.07. The molecule has 3 nitrogen and oxygen atoms in total. The van der Waals surface area contributed by atoms with Gasteiger partial charge in [-0.1, -0.05) is 6.92 Å². The van der Waals surface area contributed by atoms with Crippen LogP contribution in [0.1, 0.15) is 30.5 Å². The Morgan fingerprint density at radius 1 is 1.75 bits per heavy atom. The molecule has 1 atom stereocenters. The molecule has 62 valence electrons. The van der Waals surface area contributed by atoms with Crippen LogP contribution in [-0.4, -0.2) is 4.98 Å². The van der Waals surface area contributed by atoms with E-state index in [2.05, 4.69) is 11.1 Å². The van der Waals surface area contributed by atoms with Gasteiger partial charge in [-0.25, -0.2) is 0 Å². The van der Waals surface area contributed by atoms with E-state index in [1.165, 1.54) is 0 Å². The smallest absolute Gasteiger partial charge is 0.101 e. The second kappa shape index (κ2) is 3.84. The third-order valence-corrected chi connectivity index (χ3v) is 1.81. The molecule has 0 unspecified atom stereocenters. The number of aromatic nitrogens is 1. The fraction of sp³-hybridized carbons (Fsp3) is 0.333. The highest BCUT2D eigenvalue weighted by Crippen LogP contribution is 2.16. The SMILES string of the molecule is CC[C@@H](N)c1ccncc1C#N. The van der Waals surface area contributed by atoms with Gasteiger partial charge in [0.05, 0.1) is 5.56 Å². The molecular weight excluding hydrogens is 150 g/mol. The van der Waals surface area contributed by atoms with Gasteiger partial charge in [0.2, 0.25) is 0 Å². The molecule has 0 aliphatic rings. The van der Waals surface area contributed by atoms with Crippen LogP contribution in [-0.2, 0) is 0 Å². The first-order chi connectivity index (χ1) is 5.79. The first-order valence-corrected chi connectivity index (χ1v) is 3.89. The van der Waals surface area contributed by atoms with Crippen LogP contribution in [0.15, 0.2) is 18.5 Å². The number of nitrogens with zero attached hydrogens (tertiary/aromatic N) is 2. The summed E-state index contributed by atoms with van der Waals surface area (Å²) in [7, 11) is 0. The quantitative estimate of drug-likeness (QED) is 0.712. The highest BCUT2D eigenvalue weighted by molar-refractivity contribution is 5.36. The third kappa shape index (κ3) is 1.60. The topological polar surface area (TPSA) is 62.7 Å². The molecule has 0 aromatic carbocycles. The zero-order valence-electron chi connectivity index (χ0n) is 6.99. The minimum atomic E-state index is -0.0531. The van der Waals surface area contributed by atoms with E-state index in [4.69, 9.17) is 11.0 Å². The Hall–Kier alpha value is -1.40. The van der Waals surface area contributed by atoms with E-state index in [9.17, 15) is 0 Å². The summed E-state index contributed by atoms with van der Waals surface area (Å²) < 4.78 is 0. The van der Waals surface area contributed by atoms with E-state index < -0.39 is 0 Å². The fourth-order valence-electron chi connectivity index (χ4n) is 1.04. The van der Waals surface area contributed by atoms with Crippen molar-refractivity contribution in [3.8, 4) is 6.07 Å². The Labute approximate surface area is 71.8 Å². The van der Waals surface area contributed by atoms with Gasteiger partial charge in [-0.2, -0.15) is 5.26 Å². The lowest BCUT2D eigenvalue weighted by molar-refractivity contribution is 0.695. The van der Waals surface area contributed by atoms with Crippen molar-refractivity contribution in [1.82, 2.24) is 4.98 Å². The zero-order valence-corrected chi connectivity index (χ0v) is 6.99. The van der Waals surface area contributed by atoms with Crippen LogP contribution >= 0.6 is 0 Å². The maximum absolute atomic E-state index is 8.72. The average molecular weight is 161 g/mol. The number of rotatable bonds is 2. The van der Waals surface area contributed by atoms with Crippen molar-refractivity contribution in [2.24, 2.45) is 5.73 Å². The van der Waals surface area contributed by atoms with E-state index in [0.29, 0.717) is 5.56 Å². The maximum atomic E-state index is 8.72. The van der Waals surface area contributed by atoms with Crippen LogP contribution in [0.5, 0.6) is 0 Å². The third-order valence-electron chi connectivity index (χ3n) is 1.81. The molecule has 0 spiro atoms. The molecule has 1 heterocycles. The summed E-state index contributed by atoms with van der Waals surface area (Å²) in [6, 6.07) is 3.81. The minimum Gasteiger partial charge on any atom is -0.324 e. The molecule has 0 fully saturated rings. The minimum absolute atomic E-state index is 0.0531. The second-order valence-corrected chi connectivity index (χ2v) is 2.59. The van der Waals surface area contributed by atoms with Gasteiger partial charge in [-0.05, 0) is 18.1 Å². The number of hydrogen-bond donors (Lipinski definition) is 1. The molecule has 1 rings (SSSR count). The molecular formula is C9H11N3. The summed E-state index contributed by atoms with van der Waals surface area (Å²) in [6.45, 7) is 1.99. The van der Waals surface area contributed by atoms with Crippen molar-refractivity contribution < 1.29 is 0 Å². The van der Waals surface area contributed by atoms with Gasteiger partial charge >= 0.3 is 0 Å². The number of nitrogens with two attached hydrogens (primary N) is 1. The van der Waals surface area contributed by atoms with E-state index >= 15 is 0 Å². The van der Waals surface area contributed by atoms with Gasteiger partial charge < -0.3 is 5.73 Å². The molecule has 0 aliphatic heterocycles. The van der Waals surface area contributed by atoms with Gasteiger partial charge in [-0.15, -0.1) is 0 Å². The van der Waals surface area contributed by atoms with Crippen molar-refractivity contribution in [3.63, 3.8) is 0 Å². The molecule has 0 bridgehead atoms. The zero-order chi connectivity index (χ0) is 8.97. The van der Waals surface area contributed by atoms with Gasteiger partial charge in [0.15, 0.2) is 0 Å². The van der Waals surface area contributed by atoms with E-state index in [1.807, 2.05) is 6.92 Å². The van der Waals surface area contributed by atoms with Gasteiger partial charge in [0, 0.05) is 18.4 Å². The number of hydrogen-bond acceptors (Lipinski definition) is 3. The molecule has 12 heavy (non-hydrogen) atoms. The van der Waals surface area contributed by atoms with E-state index in [0.717, 1.165) is 12.0 Å². The van der Waals surface area contributed by atoms with Crippen LogP contribution in [0.3, 0.4) is 0 Å². The fourth-order valence-corrected chi connectivity index (χ4v) is 1.04. The lowest BCUT2D eigenvalue weighted by atomic mass is 10.0. The first kappa shape index (κ1) is 8.69. The van der Waals surface area contributed by atoms with Crippen molar-refractivity contribution in [2.75, 3.05) is 0 Å².